The molecule has 2 amide bonds. The first-order chi connectivity index (χ1) is 25.5. The Balaban J connectivity index is 0.973. The van der Waals surface area contributed by atoms with E-state index in [1.807, 2.05) is 0 Å². The number of cyclic esters (lactones) is 2. The van der Waals surface area contributed by atoms with Crippen molar-refractivity contribution in [1.29, 1.82) is 0 Å². The average Bonchev–Trinajstić information content (AvgIpc) is 3.49. The van der Waals surface area contributed by atoms with Crippen LogP contribution in [-0.2, 0) is 23.9 Å². The van der Waals surface area contributed by atoms with Gasteiger partial charge >= 0.3 is 11.9 Å². The van der Waals surface area contributed by atoms with Gasteiger partial charge in [0.15, 0.2) is 0 Å². The molecule has 0 spiro atoms. The van der Waals surface area contributed by atoms with Gasteiger partial charge in [-0.25, -0.2) is 9.59 Å². The second-order valence-corrected chi connectivity index (χ2v) is 18.9. The molecule has 4 aliphatic carbocycles. The molecule has 1 aliphatic heterocycles. The Hall–Kier alpha value is -2.18. The van der Waals surface area contributed by atoms with Crippen molar-refractivity contribution in [2.45, 2.75) is 194 Å². The molecule has 0 aromatic rings. The number of allylic oxidation sites excluding steroid dienone is 2. The maximum absolute atomic E-state index is 13.0. The van der Waals surface area contributed by atoms with E-state index in [0.717, 1.165) is 43.4 Å². The van der Waals surface area contributed by atoms with Crippen molar-refractivity contribution in [1.82, 2.24) is 10.2 Å². The quantitative estimate of drug-likeness (QED) is 0.0581. The van der Waals surface area contributed by atoms with Gasteiger partial charge in [-0.1, -0.05) is 91.2 Å². The number of ether oxygens (including phenoxy) is 1. The first-order valence-electron chi connectivity index (χ1n) is 22.5. The number of carbonyl (C=O) groups excluding carboxylic acids is 4. The summed E-state index contributed by atoms with van der Waals surface area (Å²) in [7, 11) is 0. The van der Waals surface area contributed by atoms with Crippen molar-refractivity contribution in [3.05, 3.63) is 12.2 Å². The summed E-state index contributed by atoms with van der Waals surface area (Å²) >= 11 is 0. The van der Waals surface area contributed by atoms with E-state index < -0.39 is 11.9 Å². The van der Waals surface area contributed by atoms with E-state index in [2.05, 4.69) is 49.9 Å². The first kappa shape index (κ1) is 42.0. The summed E-state index contributed by atoms with van der Waals surface area (Å²) in [5.41, 5.74) is 0.713. The lowest BCUT2D eigenvalue weighted by atomic mass is 9.44. The first-order valence-corrected chi connectivity index (χ1v) is 22.5. The number of hydrogen-bond donors (Lipinski definition) is 1. The lowest BCUT2D eigenvalue weighted by molar-refractivity contribution is -0.170. The van der Waals surface area contributed by atoms with E-state index in [-0.39, 0.29) is 24.9 Å². The highest BCUT2D eigenvalue weighted by atomic mass is 16.6. The fourth-order valence-electron chi connectivity index (χ4n) is 12.5. The van der Waals surface area contributed by atoms with E-state index >= 15 is 0 Å². The minimum absolute atomic E-state index is 0.105. The van der Waals surface area contributed by atoms with Crippen molar-refractivity contribution < 1.29 is 23.9 Å². The van der Waals surface area contributed by atoms with Gasteiger partial charge in [-0.3, -0.25) is 9.59 Å². The van der Waals surface area contributed by atoms with Crippen LogP contribution in [0, 0.1) is 46.3 Å². The third-order valence-corrected chi connectivity index (χ3v) is 15.5. The number of amides is 2. The number of rotatable bonds is 20. The van der Waals surface area contributed by atoms with E-state index in [0.29, 0.717) is 47.5 Å². The summed E-state index contributed by atoms with van der Waals surface area (Å²) in [4.78, 5) is 50.6. The standard InChI is InChI=1S/C46H76N2O5/c1-5-6-7-8-9-10-11-12-13-14-15-16-17-18-19-20-41(49)47-36-27-29-45(3)35(31-36)22-23-37-39-25-24-38(46(39,4)30-28-40(37)45)34(2)21-26-42(50)48-32-43(51)53-44(52)33-48/h12-13,34-40H,5-11,14-33H2,1-4H3,(H,47,49)/b13-12-/t34?,35?,36-,37?,38+,39?,40?,45-,46+/m0/s1. The van der Waals surface area contributed by atoms with Crippen molar-refractivity contribution in [3.8, 4) is 0 Å². The number of nitrogens with one attached hydrogen (secondary N) is 1. The fourth-order valence-corrected chi connectivity index (χ4v) is 12.5. The zero-order valence-electron chi connectivity index (χ0n) is 34.3. The van der Waals surface area contributed by atoms with Crippen LogP contribution in [-0.4, -0.2) is 47.8 Å². The Labute approximate surface area is 323 Å². The zero-order valence-corrected chi connectivity index (χ0v) is 34.3. The van der Waals surface area contributed by atoms with Crippen molar-refractivity contribution >= 4 is 23.8 Å². The van der Waals surface area contributed by atoms with Crippen LogP contribution >= 0.6 is 0 Å². The zero-order chi connectivity index (χ0) is 37.8. The van der Waals surface area contributed by atoms with Crippen LogP contribution in [0.5, 0.6) is 0 Å². The van der Waals surface area contributed by atoms with E-state index in [9.17, 15) is 19.2 Å². The molecule has 5 aliphatic rings. The van der Waals surface area contributed by atoms with Crippen LogP contribution < -0.4 is 5.32 Å². The molecule has 7 heteroatoms. The molecule has 5 unspecified atom stereocenters. The molecule has 0 aromatic heterocycles. The predicted octanol–water partition coefficient (Wildman–Crippen LogP) is 10.5. The monoisotopic (exact) mass is 737 g/mol. The lowest BCUT2D eigenvalue weighted by Crippen LogP contribution is -2.55. The third kappa shape index (κ3) is 11.0. The number of carbonyl (C=O) groups is 4. The highest BCUT2D eigenvalue weighted by Gasteiger charge is 2.60. The minimum atomic E-state index is -0.628. The molecule has 4 saturated carbocycles. The highest BCUT2D eigenvalue weighted by molar-refractivity contribution is 5.95. The molecule has 0 bridgehead atoms. The molecule has 5 rings (SSSR count). The minimum Gasteiger partial charge on any atom is -0.390 e. The summed E-state index contributed by atoms with van der Waals surface area (Å²) in [5, 5.41) is 3.48. The van der Waals surface area contributed by atoms with E-state index in [1.165, 1.54) is 127 Å². The van der Waals surface area contributed by atoms with Gasteiger partial charge in [0.1, 0.15) is 13.1 Å². The second kappa shape index (κ2) is 20.1. The maximum Gasteiger partial charge on any atom is 0.333 e. The molecule has 1 N–H and O–H groups in total. The molecule has 1 heterocycles. The smallest absolute Gasteiger partial charge is 0.333 e. The van der Waals surface area contributed by atoms with Gasteiger partial charge in [0, 0.05) is 18.9 Å². The molecule has 1 saturated heterocycles. The normalized spacial score (nSPS) is 33.2. The summed E-state index contributed by atoms with van der Waals surface area (Å²) in [6.07, 6.45) is 34.6. The van der Waals surface area contributed by atoms with Crippen LogP contribution in [0.15, 0.2) is 12.2 Å². The Kier molecular flexibility index (Phi) is 15.9. The van der Waals surface area contributed by atoms with Gasteiger partial charge in [-0.15, -0.1) is 0 Å². The Morgan fingerprint density at radius 1 is 0.774 bits per heavy atom. The topological polar surface area (TPSA) is 92.8 Å². The Bertz CT molecular complexity index is 1230. The van der Waals surface area contributed by atoms with Gasteiger partial charge in [0.25, 0.3) is 0 Å². The summed E-state index contributed by atoms with van der Waals surface area (Å²) < 4.78 is 4.60. The molecular formula is C46H76N2O5. The molecular weight excluding hydrogens is 661 g/mol. The van der Waals surface area contributed by atoms with Gasteiger partial charge < -0.3 is 15.0 Å². The highest BCUT2D eigenvalue weighted by Crippen LogP contribution is 2.68. The number of nitrogens with zero attached hydrogens (tertiary/aromatic N) is 1. The van der Waals surface area contributed by atoms with Gasteiger partial charge in [0.2, 0.25) is 11.8 Å². The largest absolute Gasteiger partial charge is 0.390 e. The molecule has 5 fully saturated rings. The number of morpholine rings is 1. The van der Waals surface area contributed by atoms with Crippen LogP contribution in [0.2, 0.25) is 0 Å². The number of unbranched alkanes of at least 4 members (excludes halogenated alkanes) is 11. The second-order valence-electron chi connectivity index (χ2n) is 18.9. The molecule has 53 heavy (non-hydrogen) atoms. The molecule has 0 aromatic carbocycles. The SMILES string of the molecule is CCCCCCCC/C=C\CCCCCCCC(=O)N[C@H]1CC[C@@]2(C)C(CCC3C2CC[C@@]2(C)C3CC[C@@H]2C(C)CCC(=O)N2CC(=O)OC(=O)C2)C1. The summed E-state index contributed by atoms with van der Waals surface area (Å²) in [5.74, 6) is 3.04. The molecule has 0 radical (unpaired) electrons. The van der Waals surface area contributed by atoms with Crippen molar-refractivity contribution in [2.24, 2.45) is 46.3 Å². The Morgan fingerprint density at radius 3 is 2.09 bits per heavy atom. The molecule has 9 atom stereocenters. The van der Waals surface area contributed by atoms with E-state index in [1.54, 1.807) is 0 Å². The van der Waals surface area contributed by atoms with Crippen LogP contribution in [0.3, 0.4) is 0 Å². The summed E-state index contributed by atoms with van der Waals surface area (Å²) in [6, 6.07) is 0.349. The third-order valence-electron chi connectivity index (χ3n) is 15.5. The van der Waals surface area contributed by atoms with Crippen LogP contribution in [0.1, 0.15) is 188 Å². The lowest BCUT2D eigenvalue weighted by Gasteiger charge is -2.61. The molecule has 7 nitrogen and oxygen atoms in total. The fraction of sp³-hybridized carbons (Fsp3) is 0.870. The van der Waals surface area contributed by atoms with Gasteiger partial charge in [0.05, 0.1) is 0 Å². The average molecular weight is 737 g/mol. The Morgan fingerprint density at radius 2 is 1.40 bits per heavy atom. The van der Waals surface area contributed by atoms with Crippen molar-refractivity contribution in [3.63, 3.8) is 0 Å². The number of fused-ring (bicyclic) bond motifs is 5. The number of esters is 2. The van der Waals surface area contributed by atoms with Crippen LogP contribution in [0.4, 0.5) is 0 Å². The van der Waals surface area contributed by atoms with Crippen LogP contribution in [0.25, 0.3) is 0 Å². The van der Waals surface area contributed by atoms with Gasteiger partial charge in [-0.2, -0.15) is 0 Å². The summed E-state index contributed by atoms with van der Waals surface area (Å²) in [6.45, 7) is 9.56. The maximum atomic E-state index is 13.0. The van der Waals surface area contributed by atoms with Gasteiger partial charge in [-0.05, 0) is 143 Å². The predicted molar refractivity (Wildman–Crippen MR) is 213 cm³/mol. The van der Waals surface area contributed by atoms with E-state index in [4.69, 9.17) is 0 Å². The van der Waals surface area contributed by atoms with Crippen molar-refractivity contribution in [2.75, 3.05) is 13.1 Å². The molecule has 300 valence electrons. The number of hydrogen-bond acceptors (Lipinski definition) is 5.